The van der Waals surface area contributed by atoms with Crippen LogP contribution in [0.3, 0.4) is 0 Å². The first-order valence-corrected chi connectivity index (χ1v) is 6.62. The number of benzene rings is 1. The molecule has 0 amide bonds. The number of hydrogen-bond acceptors (Lipinski definition) is 2. The molecule has 1 heterocycles. The molecule has 0 spiro atoms. The van der Waals surface area contributed by atoms with Gasteiger partial charge in [0.1, 0.15) is 11.9 Å². The van der Waals surface area contributed by atoms with Crippen LogP contribution in [0.5, 0.6) is 0 Å². The van der Waals surface area contributed by atoms with Crippen LogP contribution >= 0.6 is 0 Å². The smallest absolute Gasteiger partial charge is 0.141 e. The summed E-state index contributed by atoms with van der Waals surface area (Å²) in [4.78, 5) is 2.47. The predicted molar refractivity (Wildman–Crippen MR) is 69.8 cm³/mol. The van der Waals surface area contributed by atoms with E-state index < -0.39 is 5.82 Å². The molecule has 1 saturated heterocycles. The first-order valence-electron chi connectivity index (χ1n) is 6.62. The maximum absolute atomic E-state index is 13.5. The van der Waals surface area contributed by atoms with Gasteiger partial charge < -0.3 is 4.90 Å². The molecule has 18 heavy (non-hydrogen) atoms. The molecule has 0 radical (unpaired) electrons. The van der Waals surface area contributed by atoms with Gasteiger partial charge in [0.25, 0.3) is 0 Å². The van der Waals surface area contributed by atoms with E-state index in [2.05, 4.69) is 11.8 Å². The maximum Gasteiger partial charge on any atom is 0.141 e. The minimum Gasteiger partial charge on any atom is -0.303 e. The van der Waals surface area contributed by atoms with Crippen LogP contribution < -0.4 is 0 Å². The Hall–Kier alpha value is -1.40. The molecule has 0 bridgehead atoms. The van der Waals surface area contributed by atoms with Crippen molar-refractivity contribution in [1.82, 2.24) is 4.90 Å². The van der Waals surface area contributed by atoms with Gasteiger partial charge in [0, 0.05) is 0 Å². The Morgan fingerprint density at radius 3 is 2.72 bits per heavy atom. The van der Waals surface area contributed by atoms with Crippen molar-refractivity contribution >= 4 is 0 Å². The molecule has 1 unspecified atom stereocenters. The van der Waals surface area contributed by atoms with Crippen molar-refractivity contribution in [3.05, 3.63) is 35.1 Å². The molecule has 2 nitrogen and oxygen atoms in total. The minimum atomic E-state index is -0.400. The highest BCUT2D eigenvalue weighted by Crippen LogP contribution is 2.22. The molecule has 3 heteroatoms. The summed E-state index contributed by atoms with van der Waals surface area (Å²) < 4.78 is 13.5. The highest BCUT2D eigenvalue weighted by molar-refractivity contribution is 5.34. The number of nitrogens with zero attached hydrogens (tertiary/aromatic N) is 2. The molecule has 1 aromatic rings. The van der Waals surface area contributed by atoms with E-state index in [1.807, 2.05) is 12.1 Å². The van der Waals surface area contributed by atoms with E-state index in [0.717, 1.165) is 18.5 Å². The SMILES string of the molecule is CC(CCN1CCCC1)c1ccc(C#N)c(F)c1. The molecule has 1 atom stereocenters. The van der Waals surface area contributed by atoms with Crippen molar-refractivity contribution in [2.75, 3.05) is 19.6 Å². The lowest BCUT2D eigenvalue weighted by Gasteiger charge is -2.18. The zero-order valence-electron chi connectivity index (χ0n) is 10.8. The van der Waals surface area contributed by atoms with E-state index in [9.17, 15) is 4.39 Å². The van der Waals surface area contributed by atoms with Crippen LogP contribution in [-0.2, 0) is 0 Å². The second-order valence-electron chi connectivity index (χ2n) is 5.09. The summed E-state index contributed by atoms with van der Waals surface area (Å²) in [6.07, 6.45) is 3.66. The number of rotatable bonds is 4. The molecule has 2 rings (SSSR count). The van der Waals surface area contributed by atoms with E-state index in [1.165, 1.54) is 32.0 Å². The monoisotopic (exact) mass is 246 g/mol. The first-order chi connectivity index (χ1) is 8.70. The average Bonchev–Trinajstić information content (AvgIpc) is 2.89. The Bertz CT molecular complexity index is 444. The number of likely N-dealkylation sites (tertiary alicyclic amines) is 1. The van der Waals surface area contributed by atoms with Crippen molar-refractivity contribution in [3.63, 3.8) is 0 Å². The van der Waals surface area contributed by atoms with Gasteiger partial charge in [0.05, 0.1) is 5.56 Å². The Kier molecular flexibility index (Phi) is 4.33. The molecule has 1 aliphatic heterocycles. The molecule has 1 fully saturated rings. The molecular formula is C15H19FN2. The van der Waals surface area contributed by atoms with Gasteiger partial charge in [-0.1, -0.05) is 13.0 Å². The van der Waals surface area contributed by atoms with Gasteiger partial charge in [-0.05, 0) is 62.5 Å². The highest BCUT2D eigenvalue weighted by atomic mass is 19.1. The van der Waals surface area contributed by atoms with Crippen molar-refractivity contribution < 1.29 is 4.39 Å². The molecule has 0 saturated carbocycles. The van der Waals surface area contributed by atoms with Gasteiger partial charge >= 0.3 is 0 Å². The summed E-state index contributed by atoms with van der Waals surface area (Å²) in [7, 11) is 0. The van der Waals surface area contributed by atoms with Crippen LogP contribution in [0, 0.1) is 17.1 Å². The maximum atomic E-state index is 13.5. The lowest BCUT2D eigenvalue weighted by Crippen LogP contribution is -2.21. The van der Waals surface area contributed by atoms with Crippen LogP contribution in [-0.4, -0.2) is 24.5 Å². The van der Waals surface area contributed by atoms with Gasteiger partial charge in [-0.25, -0.2) is 4.39 Å². The third kappa shape index (κ3) is 3.08. The number of nitriles is 1. The summed E-state index contributed by atoms with van der Waals surface area (Å²) in [5.74, 6) is -0.0594. The van der Waals surface area contributed by atoms with E-state index >= 15 is 0 Å². The van der Waals surface area contributed by atoms with E-state index in [-0.39, 0.29) is 5.56 Å². The first kappa shape index (κ1) is 13.0. The fraction of sp³-hybridized carbons (Fsp3) is 0.533. The van der Waals surface area contributed by atoms with Crippen molar-refractivity contribution in [1.29, 1.82) is 5.26 Å². The van der Waals surface area contributed by atoms with Gasteiger partial charge in [-0.15, -0.1) is 0 Å². The normalized spacial score (nSPS) is 17.6. The lowest BCUT2D eigenvalue weighted by atomic mass is 9.96. The third-order valence-corrected chi connectivity index (χ3v) is 3.76. The Labute approximate surface area is 108 Å². The number of hydrogen-bond donors (Lipinski definition) is 0. The van der Waals surface area contributed by atoms with E-state index in [0.29, 0.717) is 5.92 Å². The molecule has 1 aliphatic rings. The average molecular weight is 246 g/mol. The van der Waals surface area contributed by atoms with Crippen molar-refractivity contribution in [2.24, 2.45) is 0 Å². The molecular weight excluding hydrogens is 227 g/mol. The molecule has 0 aliphatic carbocycles. The Balaban J connectivity index is 1.93. The minimum absolute atomic E-state index is 0.130. The summed E-state index contributed by atoms with van der Waals surface area (Å²) in [6, 6.07) is 6.81. The van der Waals surface area contributed by atoms with Crippen molar-refractivity contribution in [3.8, 4) is 6.07 Å². The van der Waals surface area contributed by atoms with Gasteiger partial charge in [-0.3, -0.25) is 0 Å². The van der Waals surface area contributed by atoms with Crippen molar-refractivity contribution in [2.45, 2.75) is 32.1 Å². The summed E-state index contributed by atoms with van der Waals surface area (Å²) in [6.45, 7) is 5.61. The quantitative estimate of drug-likeness (QED) is 0.815. The zero-order valence-corrected chi connectivity index (χ0v) is 10.8. The summed E-state index contributed by atoms with van der Waals surface area (Å²) in [5.41, 5.74) is 1.12. The Morgan fingerprint density at radius 1 is 1.39 bits per heavy atom. The van der Waals surface area contributed by atoms with Crippen LogP contribution in [0.2, 0.25) is 0 Å². The third-order valence-electron chi connectivity index (χ3n) is 3.76. The summed E-state index contributed by atoms with van der Waals surface area (Å²) in [5, 5.41) is 8.70. The second-order valence-corrected chi connectivity index (χ2v) is 5.09. The van der Waals surface area contributed by atoms with Crippen LogP contribution in [0.25, 0.3) is 0 Å². The molecule has 1 aromatic carbocycles. The molecule has 96 valence electrons. The Morgan fingerprint density at radius 2 is 2.11 bits per heavy atom. The lowest BCUT2D eigenvalue weighted by molar-refractivity contribution is 0.324. The van der Waals surface area contributed by atoms with Gasteiger partial charge in [0.2, 0.25) is 0 Å². The standard InChI is InChI=1S/C15H19FN2/c1-12(6-9-18-7-2-3-8-18)13-4-5-14(11-17)15(16)10-13/h4-5,10,12H,2-3,6-9H2,1H3. The fourth-order valence-electron chi connectivity index (χ4n) is 2.48. The predicted octanol–water partition coefficient (Wildman–Crippen LogP) is 3.29. The second kappa shape index (κ2) is 5.97. The fourth-order valence-corrected chi connectivity index (χ4v) is 2.48. The highest BCUT2D eigenvalue weighted by Gasteiger charge is 2.14. The van der Waals surface area contributed by atoms with Gasteiger partial charge in [-0.2, -0.15) is 5.26 Å². The van der Waals surface area contributed by atoms with E-state index in [1.54, 1.807) is 6.07 Å². The topological polar surface area (TPSA) is 27.0 Å². The van der Waals surface area contributed by atoms with Crippen LogP contribution in [0.4, 0.5) is 4.39 Å². The largest absolute Gasteiger partial charge is 0.303 e. The zero-order chi connectivity index (χ0) is 13.0. The van der Waals surface area contributed by atoms with Crippen LogP contribution in [0.15, 0.2) is 18.2 Å². The molecule has 0 aromatic heterocycles. The molecule has 0 N–H and O–H groups in total. The number of halogens is 1. The van der Waals surface area contributed by atoms with E-state index in [4.69, 9.17) is 5.26 Å². The van der Waals surface area contributed by atoms with Gasteiger partial charge in [0.15, 0.2) is 0 Å². The van der Waals surface area contributed by atoms with Crippen LogP contribution in [0.1, 0.15) is 43.2 Å². The summed E-state index contributed by atoms with van der Waals surface area (Å²) >= 11 is 0.